The Labute approximate surface area is 144 Å². The molecule has 128 valence electrons. The summed E-state index contributed by atoms with van der Waals surface area (Å²) in [5, 5.41) is 0. The predicted octanol–water partition coefficient (Wildman–Crippen LogP) is 3.96. The molecule has 1 fully saturated rings. The number of aryl methyl sites for hydroxylation is 2. The van der Waals surface area contributed by atoms with Crippen molar-refractivity contribution < 1.29 is 9.53 Å². The van der Waals surface area contributed by atoms with E-state index in [-0.39, 0.29) is 5.92 Å². The number of likely N-dealkylation sites (tertiary alicyclic amines) is 1. The molecule has 3 nitrogen and oxygen atoms in total. The van der Waals surface area contributed by atoms with E-state index in [0.717, 1.165) is 54.9 Å². The summed E-state index contributed by atoms with van der Waals surface area (Å²) in [6, 6.07) is 3.97. The largest absolute Gasteiger partial charge is 0.496 e. The van der Waals surface area contributed by atoms with Gasteiger partial charge < -0.3 is 9.64 Å². The van der Waals surface area contributed by atoms with E-state index in [1.165, 1.54) is 12.2 Å². The fourth-order valence-corrected chi connectivity index (χ4v) is 3.97. The van der Waals surface area contributed by atoms with Gasteiger partial charge in [-0.1, -0.05) is 0 Å². The molecule has 1 atom stereocenters. The first-order chi connectivity index (χ1) is 11.1. The lowest BCUT2D eigenvalue weighted by molar-refractivity contribution is 0.0820. The van der Waals surface area contributed by atoms with Crippen LogP contribution < -0.4 is 4.74 Å². The Balaban J connectivity index is 2.05. The van der Waals surface area contributed by atoms with Crippen LogP contribution in [0.1, 0.15) is 40.7 Å². The first-order valence-electron chi connectivity index (χ1n) is 8.47. The zero-order chi connectivity index (χ0) is 16.8. The van der Waals surface area contributed by atoms with Crippen molar-refractivity contribution in [3.05, 3.63) is 28.8 Å². The van der Waals surface area contributed by atoms with E-state index in [1.54, 1.807) is 7.11 Å². The summed E-state index contributed by atoms with van der Waals surface area (Å²) in [6.07, 6.45) is 5.51. The number of nitrogens with zero attached hydrogens (tertiary/aromatic N) is 1. The third-order valence-electron chi connectivity index (χ3n) is 4.65. The molecule has 1 aromatic carbocycles. The molecule has 0 unspecified atom stereocenters. The van der Waals surface area contributed by atoms with Crippen molar-refractivity contribution in [3.8, 4) is 5.75 Å². The second-order valence-electron chi connectivity index (χ2n) is 6.49. The van der Waals surface area contributed by atoms with E-state index >= 15 is 0 Å². The normalized spacial score (nSPS) is 18.9. The van der Waals surface area contributed by atoms with Gasteiger partial charge in [-0.2, -0.15) is 11.8 Å². The van der Waals surface area contributed by atoms with Crippen molar-refractivity contribution in [2.45, 2.75) is 33.1 Å². The summed E-state index contributed by atoms with van der Waals surface area (Å²) < 4.78 is 5.41. The number of hydrogen-bond donors (Lipinski definition) is 0. The second-order valence-corrected chi connectivity index (χ2v) is 7.48. The quantitative estimate of drug-likeness (QED) is 0.557. The van der Waals surface area contributed by atoms with Crippen LogP contribution in [-0.4, -0.2) is 49.4 Å². The van der Waals surface area contributed by atoms with Gasteiger partial charge in [0.2, 0.25) is 0 Å². The third kappa shape index (κ3) is 4.74. The van der Waals surface area contributed by atoms with E-state index < -0.39 is 0 Å². The number of carbonyl (C=O) groups is 1. The number of hydrogen-bond acceptors (Lipinski definition) is 4. The number of ether oxygens (including phenoxy) is 1. The van der Waals surface area contributed by atoms with E-state index in [2.05, 4.69) is 11.2 Å². The minimum atomic E-state index is 0.144. The molecule has 0 amide bonds. The van der Waals surface area contributed by atoms with Crippen LogP contribution in [0.15, 0.2) is 12.1 Å². The number of ketones is 1. The van der Waals surface area contributed by atoms with Crippen molar-refractivity contribution >= 4 is 17.5 Å². The van der Waals surface area contributed by atoms with E-state index in [4.69, 9.17) is 4.74 Å². The van der Waals surface area contributed by atoms with Crippen LogP contribution in [0.4, 0.5) is 0 Å². The van der Waals surface area contributed by atoms with Crippen LogP contribution in [0.25, 0.3) is 0 Å². The fourth-order valence-electron chi connectivity index (χ4n) is 3.56. The van der Waals surface area contributed by atoms with Crippen molar-refractivity contribution in [2.24, 2.45) is 5.92 Å². The zero-order valence-electron chi connectivity index (χ0n) is 14.9. The lowest BCUT2D eigenvalue weighted by Crippen LogP contribution is -2.39. The Bertz CT molecular complexity index is 521. The smallest absolute Gasteiger partial charge is 0.167 e. The molecule has 1 aromatic rings. The Morgan fingerprint density at radius 3 is 2.65 bits per heavy atom. The van der Waals surface area contributed by atoms with Gasteiger partial charge in [-0.25, -0.2) is 0 Å². The molecule has 0 spiro atoms. The van der Waals surface area contributed by atoms with Crippen molar-refractivity contribution in [1.82, 2.24) is 4.90 Å². The fraction of sp³-hybridized carbons (Fsp3) is 0.632. The van der Waals surface area contributed by atoms with Crippen LogP contribution in [0.2, 0.25) is 0 Å². The molecule has 0 N–H and O–H groups in total. The molecule has 1 aliphatic heterocycles. The Morgan fingerprint density at radius 1 is 1.35 bits per heavy atom. The van der Waals surface area contributed by atoms with Gasteiger partial charge in [-0.05, 0) is 81.5 Å². The summed E-state index contributed by atoms with van der Waals surface area (Å²) >= 11 is 1.90. The number of rotatable bonds is 7. The highest BCUT2D eigenvalue weighted by molar-refractivity contribution is 7.98. The van der Waals surface area contributed by atoms with E-state index in [0.29, 0.717) is 5.78 Å². The Morgan fingerprint density at radius 2 is 2.04 bits per heavy atom. The summed E-state index contributed by atoms with van der Waals surface area (Å²) in [4.78, 5) is 15.4. The maximum absolute atomic E-state index is 12.9. The molecule has 0 aliphatic carbocycles. The van der Waals surface area contributed by atoms with Crippen LogP contribution >= 0.6 is 11.8 Å². The summed E-state index contributed by atoms with van der Waals surface area (Å²) in [5.74, 6) is 2.54. The van der Waals surface area contributed by atoms with Gasteiger partial charge >= 0.3 is 0 Å². The Hall–Kier alpha value is -1.00. The lowest BCUT2D eigenvalue weighted by Gasteiger charge is -2.32. The average Bonchev–Trinajstić information content (AvgIpc) is 2.54. The molecule has 0 saturated carbocycles. The van der Waals surface area contributed by atoms with Crippen LogP contribution in [0, 0.1) is 19.8 Å². The SMILES string of the molecule is COc1c(C)cc(C(=O)[C@@H]2CCCN(CCCSC)C2)cc1C. The van der Waals surface area contributed by atoms with E-state index in [9.17, 15) is 4.79 Å². The van der Waals surface area contributed by atoms with Gasteiger partial charge in [0, 0.05) is 18.0 Å². The first-order valence-corrected chi connectivity index (χ1v) is 9.87. The van der Waals surface area contributed by atoms with Gasteiger partial charge in [-0.15, -0.1) is 0 Å². The minimum Gasteiger partial charge on any atom is -0.496 e. The molecule has 1 saturated heterocycles. The third-order valence-corrected chi connectivity index (χ3v) is 5.35. The maximum atomic E-state index is 12.9. The standard InChI is InChI=1S/C19H29NO2S/c1-14-11-17(12-15(2)19(14)22-3)18(21)16-7-5-8-20(13-16)9-6-10-23-4/h11-12,16H,5-10,13H2,1-4H3/t16-/m1/s1. The van der Waals surface area contributed by atoms with Crippen molar-refractivity contribution in [1.29, 1.82) is 0 Å². The van der Waals surface area contributed by atoms with E-state index in [1.807, 2.05) is 37.7 Å². The molecule has 1 aliphatic rings. The summed E-state index contributed by atoms with van der Waals surface area (Å²) in [5.41, 5.74) is 2.93. The number of Topliss-reactive ketones (excluding diaryl/α,β-unsaturated/α-hetero) is 1. The highest BCUT2D eigenvalue weighted by atomic mass is 32.2. The van der Waals surface area contributed by atoms with Gasteiger partial charge in [0.15, 0.2) is 5.78 Å². The highest BCUT2D eigenvalue weighted by Gasteiger charge is 2.27. The molecular weight excluding hydrogens is 306 g/mol. The predicted molar refractivity (Wildman–Crippen MR) is 99.0 cm³/mol. The number of benzene rings is 1. The Kier molecular flexibility index (Phi) is 6.97. The van der Waals surface area contributed by atoms with Crippen LogP contribution in [0.5, 0.6) is 5.75 Å². The molecule has 0 aromatic heterocycles. The molecule has 4 heteroatoms. The van der Waals surface area contributed by atoms with Crippen LogP contribution in [-0.2, 0) is 0 Å². The van der Waals surface area contributed by atoms with Crippen molar-refractivity contribution in [2.75, 3.05) is 38.8 Å². The lowest BCUT2D eigenvalue weighted by atomic mass is 9.88. The topological polar surface area (TPSA) is 29.5 Å². The first kappa shape index (κ1) is 18.3. The molecule has 1 heterocycles. The second kappa shape index (κ2) is 8.74. The maximum Gasteiger partial charge on any atom is 0.167 e. The molecule has 0 radical (unpaired) electrons. The average molecular weight is 336 g/mol. The molecule has 23 heavy (non-hydrogen) atoms. The number of thioether (sulfide) groups is 1. The summed E-state index contributed by atoms with van der Waals surface area (Å²) in [7, 11) is 1.68. The van der Waals surface area contributed by atoms with Gasteiger partial charge in [0.05, 0.1) is 7.11 Å². The number of methoxy groups -OCH3 is 1. The number of carbonyl (C=O) groups excluding carboxylic acids is 1. The molecule has 0 bridgehead atoms. The summed E-state index contributed by atoms with van der Waals surface area (Å²) in [6.45, 7) is 7.19. The zero-order valence-corrected chi connectivity index (χ0v) is 15.7. The highest BCUT2D eigenvalue weighted by Crippen LogP contribution is 2.27. The van der Waals surface area contributed by atoms with Gasteiger partial charge in [0.1, 0.15) is 5.75 Å². The van der Waals surface area contributed by atoms with Gasteiger partial charge in [-0.3, -0.25) is 4.79 Å². The monoisotopic (exact) mass is 335 g/mol. The number of piperidine rings is 1. The minimum absolute atomic E-state index is 0.144. The van der Waals surface area contributed by atoms with Crippen molar-refractivity contribution in [3.63, 3.8) is 0 Å². The van der Waals surface area contributed by atoms with Gasteiger partial charge in [0.25, 0.3) is 0 Å². The molecular formula is C19H29NO2S. The molecule has 2 rings (SSSR count). The van der Waals surface area contributed by atoms with Crippen LogP contribution in [0.3, 0.4) is 0 Å².